The lowest BCUT2D eigenvalue weighted by Gasteiger charge is -2.33. The van der Waals surface area contributed by atoms with E-state index in [1.54, 1.807) is 14.0 Å². The number of amides is 2. The molecule has 0 atom stereocenters. The summed E-state index contributed by atoms with van der Waals surface area (Å²) in [4.78, 5) is 74.9. The molecular weight excluding hydrogens is 668 g/mol. The predicted molar refractivity (Wildman–Crippen MR) is 193 cm³/mol. The summed E-state index contributed by atoms with van der Waals surface area (Å²) in [6, 6.07) is 0.250. The van der Waals surface area contributed by atoms with E-state index in [4.69, 9.17) is 18.9 Å². The first kappa shape index (κ1) is 41.7. The van der Waals surface area contributed by atoms with Gasteiger partial charge in [-0.3, -0.25) is 28.8 Å². The number of carbonyl (C=O) groups excluding carboxylic acids is 6. The number of methoxy groups -OCH3 is 1. The fourth-order valence-electron chi connectivity index (χ4n) is 8.36. The summed E-state index contributed by atoms with van der Waals surface area (Å²) in [5, 5.41) is 6.45. The minimum absolute atomic E-state index is 0.00189. The second kappa shape index (κ2) is 22.3. The number of rotatable bonds is 18. The Labute approximate surface area is 309 Å². The highest BCUT2D eigenvalue weighted by Crippen LogP contribution is 2.33. The third-order valence-corrected chi connectivity index (χ3v) is 11.9. The molecule has 0 heterocycles. The molecule has 0 aromatic carbocycles. The second-order valence-electron chi connectivity index (χ2n) is 15.7. The highest BCUT2D eigenvalue weighted by Gasteiger charge is 2.34. The van der Waals surface area contributed by atoms with Gasteiger partial charge in [0.05, 0.1) is 37.6 Å². The van der Waals surface area contributed by atoms with Crippen molar-refractivity contribution in [3.8, 4) is 0 Å². The molecule has 0 bridgehead atoms. The largest absolute Gasteiger partial charge is 0.465 e. The van der Waals surface area contributed by atoms with Crippen molar-refractivity contribution >= 4 is 35.5 Å². The van der Waals surface area contributed by atoms with E-state index < -0.39 is 0 Å². The molecule has 0 radical (unpaired) electrons. The van der Waals surface area contributed by atoms with Gasteiger partial charge >= 0.3 is 17.9 Å². The van der Waals surface area contributed by atoms with Gasteiger partial charge in [-0.05, 0) is 135 Å². The van der Waals surface area contributed by atoms with E-state index in [2.05, 4.69) is 10.6 Å². The average Bonchev–Trinajstić information content (AvgIpc) is 3.16. The van der Waals surface area contributed by atoms with Crippen molar-refractivity contribution in [3.63, 3.8) is 0 Å². The van der Waals surface area contributed by atoms with Crippen molar-refractivity contribution in [1.29, 1.82) is 0 Å². The number of nitrogens with one attached hydrogen (secondary N) is 2. The summed E-state index contributed by atoms with van der Waals surface area (Å²) in [6.45, 7) is 3.26. The van der Waals surface area contributed by atoms with E-state index in [9.17, 15) is 28.8 Å². The van der Waals surface area contributed by atoms with Crippen LogP contribution in [0.4, 0.5) is 0 Å². The normalized spacial score (nSPS) is 29.3. The highest BCUT2D eigenvalue weighted by atomic mass is 16.5. The summed E-state index contributed by atoms with van der Waals surface area (Å²) < 4.78 is 21.4. The summed E-state index contributed by atoms with van der Waals surface area (Å²) >= 11 is 0. The predicted octanol–water partition coefficient (Wildman–Crippen LogP) is 5.37. The van der Waals surface area contributed by atoms with Gasteiger partial charge in [0.15, 0.2) is 0 Å². The van der Waals surface area contributed by atoms with Gasteiger partial charge in [0.25, 0.3) is 0 Å². The Bertz CT molecular complexity index is 1160. The molecule has 0 aromatic heterocycles. The molecule has 52 heavy (non-hydrogen) atoms. The lowest BCUT2D eigenvalue weighted by Crippen LogP contribution is -2.47. The molecule has 4 aliphatic carbocycles. The molecule has 4 aliphatic rings. The zero-order valence-electron chi connectivity index (χ0n) is 31.7. The van der Waals surface area contributed by atoms with E-state index in [-0.39, 0.29) is 96.3 Å². The van der Waals surface area contributed by atoms with Gasteiger partial charge in [-0.1, -0.05) is 0 Å². The van der Waals surface area contributed by atoms with Crippen LogP contribution in [0, 0.1) is 35.5 Å². The van der Waals surface area contributed by atoms with Crippen LogP contribution in [0.25, 0.3) is 0 Å². The fraction of sp³-hybridized carbons (Fsp3) is 0.850. The topological polar surface area (TPSA) is 163 Å². The fourth-order valence-corrected chi connectivity index (χ4v) is 8.36. The van der Waals surface area contributed by atoms with Gasteiger partial charge in [-0.15, -0.1) is 0 Å². The van der Waals surface area contributed by atoms with Crippen molar-refractivity contribution in [2.45, 2.75) is 147 Å². The van der Waals surface area contributed by atoms with Crippen molar-refractivity contribution in [1.82, 2.24) is 10.6 Å². The molecule has 12 nitrogen and oxygen atoms in total. The number of hydrogen-bond acceptors (Lipinski definition) is 10. The smallest absolute Gasteiger partial charge is 0.308 e. The maximum Gasteiger partial charge on any atom is 0.308 e. The van der Waals surface area contributed by atoms with Gasteiger partial charge in [-0.2, -0.15) is 0 Å². The summed E-state index contributed by atoms with van der Waals surface area (Å²) in [5.41, 5.74) is 0. The Hall–Kier alpha value is -3.02. The second-order valence-corrected chi connectivity index (χ2v) is 15.7. The van der Waals surface area contributed by atoms with E-state index >= 15 is 0 Å². The highest BCUT2D eigenvalue weighted by molar-refractivity contribution is 5.81. The first-order valence-corrected chi connectivity index (χ1v) is 20.2. The van der Waals surface area contributed by atoms with Crippen LogP contribution in [0.5, 0.6) is 0 Å². The van der Waals surface area contributed by atoms with E-state index in [0.717, 1.165) is 64.2 Å². The van der Waals surface area contributed by atoms with Crippen molar-refractivity contribution in [3.05, 3.63) is 0 Å². The van der Waals surface area contributed by atoms with Crippen LogP contribution in [0.3, 0.4) is 0 Å². The van der Waals surface area contributed by atoms with Crippen molar-refractivity contribution in [2.75, 3.05) is 33.5 Å². The standard InChI is InChI=1S/C40H64N2O10/c1-27(43)28-7-9-29(10-8-28)36(44)41-34-19-21-35(22-20-34)42-37(45)30-11-13-31(14-12-30)38(46)51-25-5-6-26-52-40(48)33-17-15-32(16-18-33)39(47)50-24-4-3-23-49-2/h28-35H,3-26H2,1-2H3,(H,41,44)(H,42,45). The van der Waals surface area contributed by atoms with Crippen molar-refractivity contribution < 1.29 is 47.7 Å². The molecule has 0 aromatic rings. The lowest BCUT2D eigenvalue weighted by molar-refractivity contribution is -0.155. The Morgan fingerprint density at radius 2 is 0.712 bits per heavy atom. The maximum atomic E-state index is 13.0. The van der Waals surface area contributed by atoms with Gasteiger partial charge in [0, 0.05) is 43.6 Å². The molecule has 12 heteroatoms. The number of carbonyl (C=O) groups is 6. The first-order valence-electron chi connectivity index (χ1n) is 20.2. The molecule has 2 N–H and O–H groups in total. The summed E-state index contributed by atoms with van der Waals surface area (Å²) in [5.74, 6) is -0.713. The molecule has 4 rings (SSSR count). The molecular formula is C40H64N2O10. The van der Waals surface area contributed by atoms with E-state index in [1.807, 2.05) is 0 Å². The molecule has 4 saturated carbocycles. The summed E-state index contributed by atoms with van der Waals surface area (Å²) in [7, 11) is 1.65. The molecule has 294 valence electrons. The van der Waals surface area contributed by atoms with Crippen LogP contribution in [0.15, 0.2) is 0 Å². The third kappa shape index (κ3) is 13.8. The number of esters is 3. The Morgan fingerprint density at radius 3 is 1.02 bits per heavy atom. The molecule has 0 aliphatic heterocycles. The van der Waals surface area contributed by atoms with Gasteiger partial charge in [0.2, 0.25) is 11.8 Å². The minimum Gasteiger partial charge on any atom is -0.465 e. The lowest BCUT2D eigenvalue weighted by atomic mass is 9.79. The van der Waals surface area contributed by atoms with Gasteiger partial charge in [0.1, 0.15) is 5.78 Å². The Kier molecular flexibility index (Phi) is 17.9. The molecule has 0 saturated heterocycles. The maximum absolute atomic E-state index is 13.0. The van der Waals surface area contributed by atoms with Crippen LogP contribution < -0.4 is 10.6 Å². The van der Waals surface area contributed by atoms with E-state index in [0.29, 0.717) is 77.4 Å². The van der Waals surface area contributed by atoms with Crippen LogP contribution in [-0.4, -0.2) is 81.1 Å². The monoisotopic (exact) mass is 732 g/mol. The number of ketones is 1. The average molecular weight is 733 g/mol. The number of unbranched alkanes of at least 4 members (excludes halogenated alkanes) is 2. The van der Waals surface area contributed by atoms with Crippen molar-refractivity contribution in [2.24, 2.45) is 35.5 Å². The SMILES string of the molecule is COCCCCOC(=O)C1CCC(C(=O)OCCCCOC(=O)C2CCC(C(=O)NC3CCC(NC(=O)C4CCC(C(C)=O)CC4)CC3)CC2)CC1. The quantitative estimate of drug-likeness (QED) is 0.106. The zero-order chi connectivity index (χ0) is 37.3. The number of Topliss-reactive ketones (excluding diaryl/α,β-unsaturated/α-hetero) is 1. The molecule has 0 unspecified atom stereocenters. The Balaban J connectivity index is 0.985. The zero-order valence-corrected chi connectivity index (χ0v) is 31.7. The molecule has 0 spiro atoms. The van der Waals surface area contributed by atoms with Gasteiger partial charge < -0.3 is 29.6 Å². The molecule has 2 amide bonds. The number of hydrogen-bond donors (Lipinski definition) is 2. The minimum atomic E-state index is -0.221. The summed E-state index contributed by atoms with van der Waals surface area (Å²) in [6.07, 6.45) is 14.5. The Morgan fingerprint density at radius 1 is 0.423 bits per heavy atom. The van der Waals surface area contributed by atoms with Crippen LogP contribution in [0.1, 0.15) is 135 Å². The van der Waals surface area contributed by atoms with Crippen LogP contribution in [-0.2, 0) is 47.7 Å². The van der Waals surface area contributed by atoms with Crippen LogP contribution >= 0.6 is 0 Å². The molecule has 4 fully saturated rings. The third-order valence-electron chi connectivity index (χ3n) is 11.9. The van der Waals surface area contributed by atoms with Gasteiger partial charge in [-0.25, -0.2) is 0 Å². The number of ether oxygens (including phenoxy) is 4. The van der Waals surface area contributed by atoms with Crippen LogP contribution in [0.2, 0.25) is 0 Å². The first-order chi connectivity index (χ1) is 25.1. The van der Waals surface area contributed by atoms with E-state index in [1.165, 1.54) is 0 Å².